The molecule has 8 nitrogen and oxygen atoms in total. The molecule has 164 valence electrons. The van der Waals surface area contributed by atoms with E-state index in [0.717, 1.165) is 12.8 Å². The van der Waals surface area contributed by atoms with Crippen molar-refractivity contribution in [1.29, 1.82) is 0 Å². The van der Waals surface area contributed by atoms with E-state index in [1.807, 2.05) is 0 Å². The Hall–Kier alpha value is -3.68. The molecule has 0 spiro atoms. The van der Waals surface area contributed by atoms with Gasteiger partial charge in [-0.1, -0.05) is 25.5 Å². The molecular formula is C23H26N2O6. The molecule has 0 saturated heterocycles. The van der Waals surface area contributed by atoms with Crippen LogP contribution in [0.25, 0.3) is 6.08 Å². The van der Waals surface area contributed by atoms with Gasteiger partial charge in [-0.3, -0.25) is 14.9 Å². The highest BCUT2D eigenvalue weighted by molar-refractivity contribution is 6.03. The van der Waals surface area contributed by atoms with Crippen LogP contribution in [0, 0.1) is 10.1 Å². The summed E-state index contributed by atoms with van der Waals surface area (Å²) < 4.78 is 10.8. The van der Waals surface area contributed by atoms with Crippen molar-refractivity contribution in [3.05, 3.63) is 75.5 Å². The molecule has 0 saturated carbocycles. The van der Waals surface area contributed by atoms with Gasteiger partial charge in [0.25, 0.3) is 11.6 Å². The van der Waals surface area contributed by atoms with Crippen LogP contribution in [0.1, 0.15) is 49.5 Å². The lowest BCUT2D eigenvalue weighted by atomic mass is 10.1. The van der Waals surface area contributed by atoms with Crippen LogP contribution >= 0.6 is 0 Å². The number of non-ortho nitro benzene ring substituents is 1. The van der Waals surface area contributed by atoms with Gasteiger partial charge in [0.15, 0.2) is 0 Å². The highest BCUT2D eigenvalue weighted by Gasteiger charge is 2.18. The van der Waals surface area contributed by atoms with Crippen molar-refractivity contribution in [3.8, 4) is 5.75 Å². The highest BCUT2D eigenvalue weighted by atomic mass is 16.6. The van der Waals surface area contributed by atoms with E-state index in [2.05, 4.69) is 12.2 Å². The van der Waals surface area contributed by atoms with Crippen molar-refractivity contribution in [3.63, 3.8) is 0 Å². The van der Waals surface area contributed by atoms with Gasteiger partial charge in [0.1, 0.15) is 11.4 Å². The summed E-state index contributed by atoms with van der Waals surface area (Å²) in [4.78, 5) is 35.6. The smallest absolute Gasteiger partial charge is 0.355 e. The predicted octanol–water partition coefficient (Wildman–Crippen LogP) is 4.50. The lowest BCUT2D eigenvalue weighted by Gasteiger charge is -2.13. The zero-order valence-electron chi connectivity index (χ0n) is 17.8. The molecule has 0 fully saturated rings. The largest absolute Gasteiger partial charge is 0.494 e. The fourth-order valence-electron chi connectivity index (χ4n) is 2.55. The number of amides is 1. The predicted molar refractivity (Wildman–Crippen MR) is 117 cm³/mol. The Balaban J connectivity index is 2.22. The number of nitro benzene ring substituents is 1. The molecule has 0 aromatic heterocycles. The molecule has 1 amide bonds. The lowest BCUT2D eigenvalue weighted by Crippen LogP contribution is -2.29. The molecule has 31 heavy (non-hydrogen) atoms. The molecule has 2 rings (SSSR count). The number of benzene rings is 2. The van der Waals surface area contributed by atoms with Crippen LogP contribution in [0.3, 0.4) is 0 Å². The molecule has 2 aromatic rings. The number of nitrogens with zero attached hydrogens (tertiary/aromatic N) is 1. The maximum absolute atomic E-state index is 12.7. The van der Waals surface area contributed by atoms with Crippen molar-refractivity contribution >= 4 is 23.6 Å². The number of hydrogen-bond donors (Lipinski definition) is 1. The topological polar surface area (TPSA) is 108 Å². The van der Waals surface area contributed by atoms with E-state index in [1.165, 1.54) is 24.3 Å². The molecule has 0 atom stereocenters. The third-order valence-electron chi connectivity index (χ3n) is 4.09. The number of esters is 1. The van der Waals surface area contributed by atoms with Crippen LogP contribution in [-0.2, 0) is 9.53 Å². The molecule has 0 heterocycles. The second kappa shape index (κ2) is 11.5. The summed E-state index contributed by atoms with van der Waals surface area (Å²) in [7, 11) is 0. The van der Waals surface area contributed by atoms with E-state index < -0.39 is 22.9 Å². The number of carbonyl (C=O) groups excluding carboxylic acids is 2. The molecule has 0 unspecified atom stereocenters. The summed E-state index contributed by atoms with van der Waals surface area (Å²) in [5, 5.41) is 13.5. The number of nitro groups is 1. The van der Waals surface area contributed by atoms with Gasteiger partial charge in [-0.05, 0) is 56.2 Å². The monoisotopic (exact) mass is 426 g/mol. The number of carbonyl (C=O) groups is 2. The van der Waals surface area contributed by atoms with Crippen LogP contribution in [0.5, 0.6) is 5.75 Å². The van der Waals surface area contributed by atoms with Crippen molar-refractivity contribution in [2.24, 2.45) is 0 Å². The van der Waals surface area contributed by atoms with Gasteiger partial charge in [-0.25, -0.2) is 4.79 Å². The van der Waals surface area contributed by atoms with Crippen LogP contribution in [-0.4, -0.2) is 29.5 Å². The molecular weight excluding hydrogens is 400 g/mol. The van der Waals surface area contributed by atoms with Gasteiger partial charge in [-0.15, -0.1) is 0 Å². The number of ether oxygens (including phenoxy) is 2. The van der Waals surface area contributed by atoms with Crippen molar-refractivity contribution in [2.45, 2.75) is 39.7 Å². The SMILES string of the molecule is CCCCOc1ccc(C(=O)N/C(=C/c2cccc([N+](=O)[O-])c2)C(=O)OC(C)C)cc1. The molecule has 0 bridgehead atoms. The van der Waals surface area contributed by atoms with Gasteiger partial charge in [0.2, 0.25) is 0 Å². The average Bonchev–Trinajstić information content (AvgIpc) is 2.73. The minimum absolute atomic E-state index is 0.123. The fourth-order valence-corrected chi connectivity index (χ4v) is 2.55. The molecule has 2 aromatic carbocycles. The third kappa shape index (κ3) is 7.58. The molecule has 0 aliphatic heterocycles. The van der Waals surface area contributed by atoms with Gasteiger partial charge in [0.05, 0.1) is 17.6 Å². The number of rotatable bonds is 10. The first kappa shape index (κ1) is 23.6. The first-order valence-electron chi connectivity index (χ1n) is 10.0. The van der Waals surface area contributed by atoms with Crippen molar-refractivity contribution in [1.82, 2.24) is 5.32 Å². The normalized spacial score (nSPS) is 11.2. The minimum Gasteiger partial charge on any atom is -0.494 e. The molecule has 0 aliphatic carbocycles. The second-order valence-electron chi connectivity index (χ2n) is 7.04. The Kier molecular flexibility index (Phi) is 8.75. The Morgan fingerprint density at radius 2 is 1.87 bits per heavy atom. The molecule has 0 aliphatic rings. The van der Waals surface area contributed by atoms with Gasteiger partial charge < -0.3 is 14.8 Å². The summed E-state index contributed by atoms with van der Waals surface area (Å²) in [5.74, 6) is -0.608. The van der Waals surface area contributed by atoms with E-state index in [1.54, 1.807) is 44.2 Å². The van der Waals surface area contributed by atoms with Crippen LogP contribution in [0.2, 0.25) is 0 Å². The molecule has 8 heteroatoms. The van der Waals surface area contributed by atoms with Gasteiger partial charge in [-0.2, -0.15) is 0 Å². The number of nitrogens with one attached hydrogen (secondary N) is 1. The van der Waals surface area contributed by atoms with Crippen molar-refractivity contribution in [2.75, 3.05) is 6.61 Å². The summed E-state index contributed by atoms with van der Waals surface area (Å²) >= 11 is 0. The number of unbranched alkanes of at least 4 members (excludes halogenated alkanes) is 1. The maximum Gasteiger partial charge on any atom is 0.355 e. The van der Waals surface area contributed by atoms with E-state index in [4.69, 9.17) is 9.47 Å². The molecule has 0 radical (unpaired) electrons. The summed E-state index contributed by atoms with van der Waals surface area (Å²) in [6.07, 6.45) is 2.90. The first-order valence-corrected chi connectivity index (χ1v) is 10.0. The van der Waals surface area contributed by atoms with Crippen molar-refractivity contribution < 1.29 is 24.0 Å². The Morgan fingerprint density at radius 1 is 1.16 bits per heavy atom. The lowest BCUT2D eigenvalue weighted by molar-refractivity contribution is -0.384. The zero-order chi connectivity index (χ0) is 22.8. The Labute approximate surface area is 181 Å². The minimum atomic E-state index is -0.741. The fraction of sp³-hybridized carbons (Fsp3) is 0.304. The van der Waals surface area contributed by atoms with Crippen LogP contribution in [0.4, 0.5) is 5.69 Å². The Bertz CT molecular complexity index is 951. The van der Waals surface area contributed by atoms with E-state index in [9.17, 15) is 19.7 Å². The zero-order valence-corrected chi connectivity index (χ0v) is 17.8. The standard InChI is InChI=1S/C23H26N2O6/c1-4-5-13-30-20-11-9-18(10-12-20)22(26)24-21(23(27)31-16(2)3)15-17-7-6-8-19(14-17)25(28)29/h6-12,14-16H,4-5,13H2,1-3H3,(H,24,26)/b21-15+. The molecule has 1 N–H and O–H groups in total. The van der Waals surface area contributed by atoms with Gasteiger partial charge >= 0.3 is 5.97 Å². The maximum atomic E-state index is 12.7. The summed E-state index contributed by atoms with van der Waals surface area (Å²) in [5.41, 5.74) is 0.452. The van der Waals surface area contributed by atoms with E-state index >= 15 is 0 Å². The summed E-state index contributed by atoms with van der Waals surface area (Å²) in [6.45, 7) is 6.03. The van der Waals surface area contributed by atoms with E-state index in [0.29, 0.717) is 23.5 Å². The Morgan fingerprint density at radius 3 is 2.48 bits per heavy atom. The quantitative estimate of drug-likeness (QED) is 0.197. The second-order valence-corrected chi connectivity index (χ2v) is 7.04. The number of hydrogen-bond acceptors (Lipinski definition) is 6. The highest BCUT2D eigenvalue weighted by Crippen LogP contribution is 2.17. The third-order valence-corrected chi connectivity index (χ3v) is 4.09. The van der Waals surface area contributed by atoms with Crippen LogP contribution < -0.4 is 10.1 Å². The average molecular weight is 426 g/mol. The summed E-state index contributed by atoms with van der Waals surface area (Å²) in [6, 6.07) is 12.3. The first-order chi connectivity index (χ1) is 14.8. The van der Waals surface area contributed by atoms with E-state index in [-0.39, 0.29) is 11.4 Å². The van der Waals surface area contributed by atoms with Gasteiger partial charge in [0, 0.05) is 17.7 Å². The van der Waals surface area contributed by atoms with Crippen LogP contribution in [0.15, 0.2) is 54.2 Å².